The predicted octanol–water partition coefficient (Wildman–Crippen LogP) is 4.19. The molecule has 2 rings (SSSR count). The lowest BCUT2D eigenvalue weighted by Gasteiger charge is -2.12. The van der Waals surface area contributed by atoms with E-state index in [1.165, 1.54) is 35.5 Å². The summed E-state index contributed by atoms with van der Waals surface area (Å²) in [6.07, 6.45) is 18.2. The van der Waals surface area contributed by atoms with Crippen LogP contribution in [0.25, 0.3) is 0 Å². The molecule has 13 heavy (non-hydrogen) atoms. The highest BCUT2D eigenvalue weighted by Crippen LogP contribution is 2.34. The van der Waals surface area contributed by atoms with Crippen LogP contribution in [-0.2, 0) is 0 Å². The first-order valence-corrected chi connectivity index (χ1v) is 5.66. The zero-order chi connectivity index (χ0) is 8.93. The van der Waals surface area contributed by atoms with E-state index in [9.17, 15) is 0 Å². The van der Waals surface area contributed by atoms with Gasteiger partial charge in [-0.25, -0.2) is 0 Å². The van der Waals surface area contributed by atoms with E-state index >= 15 is 0 Å². The normalized spacial score (nSPS) is 21.2. The molecule has 1 heteroatoms. The molecular formula is C12H14S. The van der Waals surface area contributed by atoms with E-state index in [-0.39, 0.29) is 0 Å². The molecule has 0 bridgehead atoms. The second kappa shape index (κ2) is 4.52. The van der Waals surface area contributed by atoms with Crippen molar-refractivity contribution in [1.82, 2.24) is 0 Å². The van der Waals surface area contributed by atoms with E-state index in [2.05, 4.69) is 36.5 Å². The fraction of sp³-hybridized carbons (Fsp3) is 0.333. The third kappa shape index (κ3) is 2.63. The van der Waals surface area contributed by atoms with Crippen molar-refractivity contribution >= 4 is 11.8 Å². The van der Waals surface area contributed by atoms with E-state index in [1.54, 1.807) is 0 Å². The summed E-state index contributed by atoms with van der Waals surface area (Å²) in [4.78, 5) is 3.04. The van der Waals surface area contributed by atoms with Gasteiger partial charge < -0.3 is 0 Å². The minimum atomic E-state index is 1.21. The third-order valence-corrected chi connectivity index (χ3v) is 3.42. The molecule has 0 spiro atoms. The Morgan fingerprint density at radius 1 is 0.846 bits per heavy atom. The molecule has 2 aliphatic rings. The summed E-state index contributed by atoms with van der Waals surface area (Å²) < 4.78 is 0. The maximum Gasteiger partial charge on any atom is -0.0103 e. The molecule has 68 valence electrons. The summed E-state index contributed by atoms with van der Waals surface area (Å²) in [7, 11) is 0. The van der Waals surface area contributed by atoms with Crippen LogP contribution in [0.4, 0.5) is 0 Å². The molecular weight excluding hydrogens is 176 g/mol. The Labute approximate surface area is 84.1 Å². The second-order valence-electron chi connectivity index (χ2n) is 3.30. The van der Waals surface area contributed by atoms with Gasteiger partial charge in [-0.1, -0.05) is 48.2 Å². The van der Waals surface area contributed by atoms with E-state index < -0.39 is 0 Å². The molecule has 0 amide bonds. The molecule has 0 saturated heterocycles. The Balaban J connectivity index is 1.96. The molecule has 0 fully saturated rings. The van der Waals surface area contributed by atoms with Crippen LogP contribution in [0.15, 0.2) is 46.3 Å². The van der Waals surface area contributed by atoms with Crippen LogP contribution in [0.5, 0.6) is 0 Å². The van der Waals surface area contributed by atoms with Crippen LogP contribution < -0.4 is 0 Å². The average Bonchev–Trinajstić information content (AvgIpc) is 2.21. The van der Waals surface area contributed by atoms with Gasteiger partial charge in [-0.05, 0) is 35.5 Å². The lowest BCUT2D eigenvalue weighted by molar-refractivity contribution is 1.01. The van der Waals surface area contributed by atoms with Gasteiger partial charge >= 0.3 is 0 Å². The van der Waals surface area contributed by atoms with Gasteiger partial charge in [-0.2, -0.15) is 0 Å². The quantitative estimate of drug-likeness (QED) is 0.629. The van der Waals surface area contributed by atoms with Crippen LogP contribution in [-0.4, -0.2) is 0 Å². The van der Waals surface area contributed by atoms with Gasteiger partial charge in [0.25, 0.3) is 0 Å². The molecule has 0 aliphatic heterocycles. The largest absolute Gasteiger partial charge is 0.0990 e. The molecule has 0 aromatic rings. The standard InChI is InChI=1S/C12H14S/c1-3-7-11(8-4-1)13-12-9-5-2-6-10-12/h1-3,5,7,9H,4,6,8,10H2. The number of hydrogen-bond donors (Lipinski definition) is 0. The Kier molecular flexibility index (Phi) is 3.09. The van der Waals surface area contributed by atoms with Crippen LogP contribution in [0.3, 0.4) is 0 Å². The first kappa shape index (κ1) is 8.89. The minimum absolute atomic E-state index is 1.21. The van der Waals surface area contributed by atoms with Gasteiger partial charge in [0.1, 0.15) is 0 Å². The van der Waals surface area contributed by atoms with Crippen LogP contribution in [0, 0.1) is 0 Å². The van der Waals surface area contributed by atoms with Crippen molar-refractivity contribution in [3.8, 4) is 0 Å². The molecule has 0 heterocycles. The van der Waals surface area contributed by atoms with E-state index in [0.29, 0.717) is 0 Å². The Bertz CT molecular complexity index is 262. The van der Waals surface area contributed by atoms with Crippen molar-refractivity contribution in [3.05, 3.63) is 46.3 Å². The number of rotatable bonds is 2. The van der Waals surface area contributed by atoms with Gasteiger partial charge in [0.2, 0.25) is 0 Å². The minimum Gasteiger partial charge on any atom is -0.0990 e. The fourth-order valence-electron chi connectivity index (χ4n) is 1.50. The third-order valence-electron chi connectivity index (χ3n) is 2.21. The van der Waals surface area contributed by atoms with Crippen molar-refractivity contribution in [3.63, 3.8) is 0 Å². The Morgan fingerprint density at radius 2 is 1.38 bits per heavy atom. The summed E-state index contributed by atoms with van der Waals surface area (Å²) in [5, 5.41) is 0. The highest BCUT2D eigenvalue weighted by Gasteiger charge is 2.05. The highest BCUT2D eigenvalue weighted by molar-refractivity contribution is 8.06. The van der Waals surface area contributed by atoms with Gasteiger partial charge in [0, 0.05) is 0 Å². The molecule has 0 nitrogen and oxygen atoms in total. The van der Waals surface area contributed by atoms with Crippen molar-refractivity contribution in [2.24, 2.45) is 0 Å². The first-order chi connectivity index (χ1) is 6.45. The zero-order valence-corrected chi connectivity index (χ0v) is 8.52. The molecule has 0 saturated carbocycles. The molecule has 0 N–H and O–H groups in total. The molecule has 0 aromatic heterocycles. The molecule has 0 unspecified atom stereocenters. The lowest BCUT2D eigenvalue weighted by Crippen LogP contribution is -1.86. The number of allylic oxidation sites excluding steroid dienone is 8. The maximum absolute atomic E-state index is 2.24. The van der Waals surface area contributed by atoms with Gasteiger partial charge in [-0.3, -0.25) is 0 Å². The van der Waals surface area contributed by atoms with Gasteiger partial charge in [0.05, 0.1) is 0 Å². The average molecular weight is 190 g/mol. The molecule has 0 radical (unpaired) electrons. The van der Waals surface area contributed by atoms with Crippen molar-refractivity contribution in [1.29, 1.82) is 0 Å². The van der Waals surface area contributed by atoms with Gasteiger partial charge in [0.15, 0.2) is 0 Å². The van der Waals surface area contributed by atoms with Gasteiger partial charge in [-0.15, -0.1) is 0 Å². The van der Waals surface area contributed by atoms with Crippen molar-refractivity contribution in [2.45, 2.75) is 25.7 Å². The topological polar surface area (TPSA) is 0 Å². The molecule has 2 aliphatic carbocycles. The number of thioether (sulfide) groups is 1. The maximum atomic E-state index is 2.24. The van der Waals surface area contributed by atoms with Crippen LogP contribution in [0.1, 0.15) is 25.7 Å². The predicted molar refractivity (Wildman–Crippen MR) is 60.5 cm³/mol. The van der Waals surface area contributed by atoms with Crippen LogP contribution in [0.2, 0.25) is 0 Å². The monoisotopic (exact) mass is 190 g/mol. The van der Waals surface area contributed by atoms with Crippen molar-refractivity contribution < 1.29 is 0 Å². The molecule has 0 aromatic carbocycles. The summed E-state index contributed by atoms with van der Waals surface area (Å²) in [6.45, 7) is 0. The summed E-state index contributed by atoms with van der Waals surface area (Å²) in [5.41, 5.74) is 0. The first-order valence-electron chi connectivity index (χ1n) is 4.84. The van der Waals surface area contributed by atoms with Crippen LogP contribution >= 0.6 is 11.8 Å². The second-order valence-corrected chi connectivity index (χ2v) is 4.55. The van der Waals surface area contributed by atoms with E-state index in [1.807, 2.05) is 11.8 Å². The molecule has 0 atom stereocenters. The summed E-state index contributed by atoms with van der Waals surface area (Å²) in [5.74, 6) is 0. The Hall–Kier alpha value is -0.690. The van der Waals surface area contributed by atoms with E-state index in [4.69, 9.17) is 0 Å². The smallest absolute Gasteiger partial charge is 0.0103 e. The SMILES string of the molecule is C1=CCCC(SC2=CC=CCC2)=C1. The fourth-order valence-corrected chi connectivity index (χ4v) is 2.57. The van der Waals surface area contributed by atoms with E-state index in [0.717, 1.165) is 0 Å². The lowest BCUT2D eigenvalue weighted by atomic mass is 10.2. The summed E-state index contributed by atoms with van der Waals surface area (Å²) in [6, 6.07) is 0. The van der Waals surface area contributed by atoms with Crippen molar-refractivity contribution in [2.75, 3.05) is 0 Å². The highest BCUT2D eigenvalue weighted by atomic mass is 32.2. The Morgan fingerprint density at radius 3 is 1.77 bits per heavy atom. The number of hydrogen-bond acceptors (Lipinski definition) is 1. The zero-order valence-electron chi connectivity index (χ0n) is 7.70. The summed E-state index contributed by atoms with van der Waals surface area (Å²) >= 11 is 1.96.